The number of benzene rings is 2. The predicted molar refractivity (Wildman–Crippen MR) is 68.4 cm³/mol. The molecule has 0 heterocycles. The summed E-state index contributed by atoms with van der Waals surface area (Å²) in [6, 6.07) is 11.4. The van der Waals surface area contributed by atoms with Crippen LogP contribution in [0.2, 0.25) is 0 Å². The van der Waals surface area contributed by atoms with Crippen LogP contribution in [0.1, 0.15) is 18.4 Å². The Hall–Kier alpha value is -2.17. The Labute approximate surface area is 113 Å². The molecule has 0 spiro atoms. The predicted octanol–water partition coefficient (Wildman–Crippen LogP) is 3.64. The molecule has 2 aromatic carbocycles. The summed E-state index contributed by atoms with van der Waals surface area (Å²) >= 11 is 0. The van der Waals surface area contributed by atoms with Gasteiger partial charge in [-0.25, -0.2) is 0 Å². The summed E-state index contributed by atoms with van der Waals surface area (Å²) in [4.78, 5) is 23.1. The smallest absolute Gasteiger partial charge is 0.299 e. The molecule has 0 saturated carbocycles. The number of carbonyl (C=O) groups excluding carboxylic acids is 2. The first kappa shape index (κ1) is 14.2. The van der Waals surface area contributed by atoms with E-state index in [4.69, 9.17) is 0 Å². The van der Waals surface area contributed by atoms with Gasteiger partial charge in [0.1, 0.15) is 11.7 Å². The summed E-state index contributed by atoms with van der Waals surface area (Å²) in [6.07, 6.45) is -5.03. The fourth-order valence-corrected chi connectivity index (χ4v) is 2.21. The lowest BCUT2D eigenvalue weighted by Crippen LogP contribution is -2.32. The number of hydrogen-bond acceptors (Lipinski definition) is 2. The summed E-state index contributed by atoms with van der Waals surface area (Å²) in [6.45, 7) is 0.996. The van der Waals surface area contributed by atoms with Gasteiger partial charge in [-0.2, -0.15) is 13.2 Å². The van der Waals surface area contributed by atoms with Crippen molar-refractivity contribution in [3.05, 3.63) is 48.0 Å². The van der Waals surface area contributed by atoms with Crippen molar-refractivity contribution in [3.8, 4) is 0 Å². The molecule has 5 heteroatoms. The molecule has 0 aromatic heterocycles. The summed E-state index contributed by atoms with van der Waals surface area (Å²) in [5.41, 5.74) is 0.0953. The van der Waals surface area contributed by atoms with Crippen LogP contribution < -0.4 is 0 Å². The third kappa shape index (κ3) is 2.57. The molecule has 0 aliphatic carbocycles. The van der Waals surface area contributed by atoms with Crippen LogP contribution in [0.15, 0.2) is 42.5 Å². The number of ketones is 2. The number of Topliss-reactive ketones (excluding diaryl/α,β-unsaturated/α-hetero) is 2. The Morgan fingerprint density at radius 2 is 1.60 bits per heavy atom. The highest BCUT2D eigenvalue weighted by Gasteiger charge is 2.46. The van der Waals surface area contributed by atoms with Crippen molar-refractivity contribution in [3.63, 3.8) is 0 Å². The van der Waals surface area contributed by atoms with Gasteiger partial charge in [-0.3, -0.25) is 9.59 Å². The second kappa shape index (κ2) is 5.07. The maximum absolute atomic E-state index is 12.6. The SMILES string of the molecule is CC(=O)C(C(=O)C(F)(F)F)c1cccc2ccccc12. The van der Waals surface area contributed by atoms with Crippen LogP contribution in [0.4, 0.5) is 13.2 Å². The van der Waals surface area contributed by atoms with Gasteiger partial charge in [-0.1, -0.05) is 42.5 Å². The van der Waals surface area contributed by atoms with Crippen molar-refractivity contribution in [2.45, 2.75) is 19.0 Å². The zero-order valence-electron chi connectivity index (χ0n) is 10.6. The molecule has 0 saturated heterocycles. The molecular weight excluding hydrogens is 269 g/mol. The Morgan fingerprint density at radius 3 is 2.20 bits per heavy atom. The normalized spacial score (nSPS) is 13.2. The first-order valence-electron chi connectivity index (χ1n) is 5.91. The van der Waals surface area contributed by atoms with E-state index in [2.05, 4.69) is 0 Å². The van der Waals surface area contributed by atoms with Gasteiger partial charge < -0.3 is 0 Å². The second-order valence-corrected chi connectivity index (χ2v) is 4.47. The molecule has 0 radical (unpaired) electrons. The molecule has 0 aliphatic heterocycles. The Balaban J connectivity index is 2.65. The number of carbonyl (C=O) groups is 2. The van der Waals surface area contributed by atoms with Crippen molar-refractivity contribution in [2.75, 3.05) is 0 Å². The highest BCUT2D eigenvalue weighted by molar-refractivity contribution is 6.11. The van der Waals surface area contributed by atoms with E-state index < -0.39 is 23.7 Å². The second-order valence-electron chi connectivity index (χ2n) is 4.47. The maximum Gasteiger partial charge on any atom is 0.451 e. The highest BCUT2D eigenvalue weighted by Crippen LogP contribution is 2.32. The molecule has 0 bridgehead atoms. The molecule has 0 N–H and O–H groups in total. The lowest BCUT2D eigenvalue weighted by atomic mass is 9.87. The van der Waals surface area contributed by atoms with Gasteiger partial charge in [0.15, 0.2) is 0 Å². The molecule has 1 unspecified atom stereocenters. The van der Waals surface area contributed by atoms with Gasteiger partial charge in [-0.05, 0) is 23.3 Å². The first-order valence-corrected chi connectivity index (χ1v) is 5.91. The zero-order valence-corrected chi connectivity index (χ0v) is 10.6. The van der Waals surface area contributed by atoms with Gasteiger partial charge in [0, 0.05) is 0 Å². The van der Waals surface area contributed by atoms with Crippen LogP contribution in [-0.2, 0) is 9.59 Å². The van der Waals surface area contributed by atoms with E-state index in [0.29, 0.717) is 10.8 Å². The number of fused-ring (bicyclic) bond motifs is 1. The molecule has 2 aromatic rings. The molecule has 20 heavy (non-hydrogen) atoms. The van der Waals surface area contributed by atoms with E-state index >= 15 is 0 Å². The third-order valence-corrected chi connectivity index (χ3v) is 3.08. The number of alkyl halides is 3. The molecule has 0 fully saturated rings. The van der Waals surface area contributed by atoms with Gasteiger partial charge in [0.25, 0.3) is 5.78 Å². The van der Waals surface area contributed by atoms with E-state index in [1.54, 1.807) is 30.3 Å². The molecular formula is C15H11F3O2. The Morgan fingerprint density at radius 1 is 1.00 bits per heavy atom. The van der Waals surface area contributed by atoms with Crippen LogP contribution >= 0.6 is 0 Å². The number of rotatable bonds is 3. The van der Waals surface area contributed by atoms with Gasteiger partial charge >= 0.3 is 6.18 Å². The van der Waals surface area contributed by atoms with Crippen LogP contribution in [0, 0.1) is 0 Å². The van der Waals surface area contributed by atoms with Crippen molar-refractivity contribution in [1.29, 1.82) is 0 Å². The summed E-state index contributed by atoms with van der Waals surface area (Å²) < 4.78 is 37.9. The molecule has 0 aliphatic rings. The lowest BCUT2D eigenvalue weighted by molar-refractivity contribution is -0.173. The van der Waals surface area contributed by atoms with Crippen LogP contribution in [-0.4, -0.2) is 17.7 Å². The van der Waals surface area contributed by atoms with Crippen LogP contribution in [0.5, 0.6) is 0 Å². The average Bonchev–Trinajstić information content (AvgIpc) is 2.37. The minimum Gasteiger partial charge on any atom is -0.299 e. The lowest BCUT2D eigenvalue weighted by Gasteiger charge is -2.17. The van der Waals surface area contributed by atoms with Gasteiger partial charge in [-0.15, -0.1) is 0 Å². The van der Waals surface area contributed by atoms with Crippen LogP contribution in [0.25, 0.3) is 10.8 Å². The minimum absolute atomic E-state index is 0.0953. The monoisotopic (exact) mass is 280 g/mol. The first-order chi connectivity index (χ1) is 9.32. The largest absolute Gasteiger partial charge is 0.451 e. The summed E-state index contributed by atoms with van der Waals surface area (Å²) in [7, 11) is 0. The Bertz CT molecular complexity index is 669. The number of hydrogen-bond donors (Lipinski definition) is 0. The molecule has 2 rings (SSSR count). The van der Waals surface area contributed by atoms with Crippen molar-refractivity contribution in [1.82, 2.24) is 0 Å². The van der Waals surface area contributed by atoms with E-state index in [9.17, 15) is 22.8 Å². The van der Waals surface area contributed by atoms with Crippen molar-refractivity contribution >= 4 is 22.3 Å². The minimum atomic E-state index is -5.03. The molecule has 2 nitrogen and oxygen atoms in total. The van der Waals surface area contributed by atoms with Crippen molar-refractivity contribution < 1.29 is 22.8 Å². The van der Waals surface area contributed by atoms with E-state index in [-0.39, 0.29) is 5.56 Å². The standard InChI is InChI=1S/C15H11F3O2/c1-9(19)13(14(20)15(16,17)18)12-8-4-6-10-5-2-3-7-11(10)12/h2-8,13H,1H3. The average molecular weight is 280 g/mol. The van der Waals surface area contributed by atoms with E-state index in [1.165, 1.54) is 12.1 Å². The zero-order chi connectivity index (χ0) is 14.9. The van der Waals surface area contributed by atoms with E-state index in [0.717, 1.165) is 6.92 Å². The highest BCUT2D eigenvalue weighted by atomic mass is 19.4. The Kier molecular flexibility index (Phi) is 3.61. The topological polar surface area (TPSA) is 34.1 Å². The fourth-order valence-electron chi connectivity index (χ4n) is 2.21. The summed E-state index contributed by atoms with van der Waals surface area (Å²) in [5.74, 6) is -4.65. The number of halogens is 3. The summed E-state index contributed by atoms with van der Waals surface area (Å²) in [5, 5.41) is 1.17. The van der Waals surface area contributed by atoms with Gasteiger partial charge in [0.2, 0.25) is 0 Å². The van der Waals surface area contributed by atoms with Crippen LogP contribution in [0.3, 0.4) is 0 Å². The van der Waals surface area contributed by atoms with Gasteiger partial charge in [0.05, 0.1) is 0 Å². The molecule has 1 atom stereocenters. The third-order valence-electron chi connectivity index (χ3n) is 3.08. The molecule has 0 amide bonds. The van der Waals surface area contributed by atoms with Crippen molar-refractivity contribution in [2.24, 2.45) is 0 Å². The maximum atomic E-state index is 12.6. The quantitative estimate of drug-likeness (QED) is 0.804. The molecule has 104 valence electrons. The fraction of sp³-hybridized carbons (Fsp3) is 0.200. The van der Waals surface area contributed by atoms with E-state index in [1.807, 2.05) is 0 Å².